The maximum Gasteiger partial charge on any atom is 0.409 e. The second-order valence-electron chi connectivity index (χ2n) is 24.6. The third-order valence-corrected chi connectivity index (χ3v) is 21.7. The number of aromatic nitrogens is 4. The van der Waals surface area contributed by atoms with Gasteiger partial charge in [-0.1, -0.05) is 68.4 Å². The number of para-hydroxylation sites is 3. The Morgan fingerprint density at radius 3 is 1.29 bits per heavy atom. The lowest BCUT2D eigenvalue weighted by atomic mass is 9.77. The number of amides is 7. The number of ether oxygens (including phenoxy) is 1. The van der Waals surface area contributed by atoms with Crippen molar-refractivity contribution in [2.45, 2.75) is 164 Å². The molecule has 9 aliphatic rings. The molecule has 6 fully saturated rings. The number of hydrogen-bond acceptors (Lipinski definition) is 15. The second-order valence-corrected chi connectivity index (χ2v) is 26.1. The summed E-state index contributed by atoms with van der Waals surface area (Å²) in [5, 5.41) is 20.9. The lowest BCUT2D eigenvalue weighted by Crippen LogP contribution is -2.58. The van der Waals surface area contributed by atoms with Gasteiger partial charge in [0.05, 0.1) is 23.2 Å². The zero-order chi connectivity index (χ0) is 58.5. The Morgan fingerprint density at radius 2 is 0.894 bits per heavy atom. The van der Waals surface area contributed by atoms with E-state index in [0.717, 1.165) is 163 Å². The number of likely N-dealkylation sites (tertiary alicyclic amines) is 4. The number of piperidine rings is 5. The Bertz CT molecular complexity index is 2980. The average Bonchev–Trinajstić information content (AvgIpc) is 4.34. The fourth-order valence-corrected chi connectivity index (χ4v) is 16.9. The molecule has 7 amide bonds. The topological polar surface area (TPSA) is 217 Å². The van der Waals surface area contributed by atoms with Gasteiger partial charge in [-0.3, -0.25) is 0 Å². The van der Waals surface area contributed by atoms with Crippen molar-refractivity contribution in [3.05, 3.63) is 106 Å². The van der Waals surface area contributed by atoms with Gasteiger partial charge in [0.1, 0.15) is 16.7 Å². The average molecular weight is 1200 g/mol. The molecule has 3 spiro atoms. The highest BCUT2D eigenvalue weighted by Gasteiger charge is 2.46. The minimum Gasteiger partial charge on any atom is -0.450 e. The van der Waals surface area contributed by atoms with Gasteiger partial charge >= 0.3 is 24.2 Å². The van der Waals surface area contributed by atoms with E-state index in [-0.39, 0.29) is 40.8 Å². The first kappa shape index (κ1) is 58.9. The number of aryl methyl sites for hydroxylation is 2. The second kappa shape index (κ2) is 25.9. The van der Waals surface area contributed by atoms with Gasteiger partial charge in [-0.25, -0.2) is 29.1 Å². The van der Waals surface area contributed by atoms with Gasteiger partial charge in [0.15, 0.2) is 0 Å². The van der Waals surface area contributed by atoms with Gasteiger partial charge in [0.25, 0.3) is 0 Å². The highest BCUT2D eigenvalue weighted by molar-refractivity contribution is 7.09. The third kappa shape index (κ3) is 12.7. The molecule has 6 N–H and O–H groups in total. The number of benzene rings is 3. The predicted octanol–water partition coefficient (Wildman–Crippen LogP) is 10.2. The lowest BCUT2D eigenvalue weighted by molar-refractivity contribution is 0.0523. The van der Waals surface area contributed by atoms with E-state index in [1.807, 2.05) is 54.3 Å². The van der Waals surface area contributed by atoms with Crippen LogP contribution < -0.4 is 36.8 Å². The van der Waals surface area contributed by atoms with Crippen LogP contribution in [0.15, 0.2) is 72.8 Å². The Morgan fingerprint density at radius 1 is 0.506 bits per heavy atom. The highest BCUT2D eigenvalue weighted by Crippen LogP contribution is 2.45. The SMILES string of the molecule is CCOC(=O)N1CCC(N2CCC3(CC2)NC(=O)Nc2ccccc23)CC1.CCc1nsc(C2CCC(N3CCC4(CC3)NC(=O)Nc3ccccc34)CC2)n1.CCc1nsc(N2CCC(N3CCC4(CC3)NC(=O)Nc3ccccc34)CC2)n1. The van der Waals surface area contributed by atoms with Crippen LogP contribution in [0.3, 0.4) is 0 Å². The summed E-state index contributed by atoms with van der Waals surface area (Å²) in [6.07, 6.45) is 16.6. The predicted molar refractivity (Wildman–Crippen MR) is 334 cm³/mol. The van der Waals surface area contributed by atoms with Crippen LogP contribution in [0, 0.1) is 0 Å². The fraction of sp³-hybridized carbons (Fsp3) is 0.587. The summed E-state index contributed by atoms with van der Waals surface area (Å²) in [5.74, 6) is 2.55. The monoisotopic (exact) mass is 1200 g/mol. The summed E-state index contributed by atoms with van der Waals surface area (Å²) >= 11 is 3.14. The fourth-order valence-electron chi connectivity index (χ4n) is 15.2. The molecule has 0 radical (unpaired) electrons. The van der Waals surface area contributed by atoms with Crippen LogP contribution in [0.1, 0.15) is 150 Å². The molecule has 22 heteroatoms. The molecule has 454 valence electrons. The summed E-state index contributed by atoms with van der Waals surface area (Å²) in [7, 11) is 0. The molecule has 10 heterocycles. The maximum absolute atomic E-state index is 12.2. The van der Waals surface area contributed by atoms with E-state index in [1.165, 1.54) is 71.8 Å². The van der Waals surface area contributed by atoms with E-state index < -0.39 is 0 Å². The molecule has 5 aromatic rings. The molecular formula is C63H85N15O5S2. The molecule has 20 nitrogen and oxygen atoms in total. The normalized spacial score (nSPS) is 23.9. The molecule has 1 saturated carbocycles. The molecule has 0 atom stereocenters. The Balaban J connectivity index is 0.000000125. The zero-order valence-electron chi connectivity index (χ0n) is 49.7. The molecule has 5 saturated heterocycles. The molecule has 0 bridgehead atoms. The van der Waals surface area contributed by atoms with E-state index in [1.54, 1.807) is 11.5 Å². The molecule has 8 aliphatic heterocycles. The Hall–Kier alpha value is -6.46. The third-order valence-electron chi connectivity index (χ3n) is 20.0. The zero-order valence-corrected chi connectivity index (χ0v) is 51.3. The lowest BCUT2D eigenvalue weighted by Gasteiger charge is -2.48. The highest BCUT2D eigenvalue weighted by atomic mass is 32.1. The van der Waals surface area contributed by atoms with Crippen LogP contribution in [0.5, 0.6) is 0 Å². The molecule has 0 unspecified atom stereocenters. The number of fused-ring (bicyclic) bond motifs is 6. The van der Waals surface area contributed by atoms with Crippen LogP contribution in [0.4, 0.5) is 41.4 Å². The number of anilines is 4. The summed E-state index contributed by atoms with van der Waals surface area (Å²) in [5.41, 5.74) is 5.83. The van der Waals surface area contributed by atoms with Crippen molar-refractivity contribution < 1.29 is 23.9 Å². The largest absolute Gasteiger partial charge is 0.450 e. The van der Waals surface area contributed by atoms with Gasteiger partial charge in [0, 0.05) is 148 Å². The minimum atomic E-state index is -0.263. The van der Waals surface area contributed by atoms with Crippen molar-refractivity contribution in [2.24, 2.45) is 0 Å². The van der Waals surface area contributed by atoms with Crippen molar-refractivity contribution in [3.63, 3.8) is 0 Å². The standard InChI is InChI=1S/C22H29N5OS.C21H28N6OS.C20H28N4O3/c1-2-19-24-20(29-26-19)15-7-9-16(10-8-15)27-13-11-22(12-14-27)17-5-3-4-6-18(17)23-21(28)25-22;1-2-18-23-20(29-25-18)27-11-7-15(8-12-27)26-13-9-21(10-14-26)16-5-3-4-6-17(16)22-19(28)24-21;1-2-27-19(26)24-11-7-15(8-12-24)23-13-9-20(10-14-23)16-5-3-4-6-17(16)21-18(25)22-20/h3-6,15-16H,2,7-14H2,1H3,(H2,23,25,28);3-6,15H,2,7-14H2,1H3,(H2,22,24,28);3-6,15H,2,7-14H2,1H3,(H2,21,22,25). The number of hydrogen-bond donors (Lipinski definition) is 6. The Kier molecular flexibility index (Phi) is 17.9. The van der Waals surface area contributed by atoms with Gasteiger partial charge in [-0.2, -0.15) is 8.75 Å². The number of rotatable bonds is 8. The molecule has 1 aliphatic carbocycles. The molecule has 3 aromatic carbocycles. The first-order valence-corrected chi connectivity index (χ1v) is 33.1. The number of nitrogens with one attached hydrogen (secondary N) is 6. The summed E-state index contributed by atoms with van der Waals surface area (Å²) < 4.78 is 14.0. The van der Waals surface area contributed by atoms with Gasteiger partial charge < -0.3 is 61.1 Å². The molecule has 2 aromatic heterocycles. The van der Waals surface area contributed by atoms with E-state index in [9.17, 15) is 19.2 Å². The summed E-state index contributed by atoms with van der Waals surface area (Å²) in [6, 6.07) is 26.1. The molecule has 85 heavy (non-hydrogen) atoms. The number of urea groups is 3. The number of carbonyl (C=O) groups is 4. The quantitative estimate of drug-likeness (QED) is 0.0854. The minimum absolute atomic E-state index is 0.0684. The van der Waals surface area contributed by atoms with Gasteiger partial charge in [-0.15, -0.1) is 0 Å². The smallest absolute Gasteiger partial charge is 0.409 e. The van der Waals surface area contributed by atoms with Crippen LogP contribution in [-0.4, -0.2) is 153 Å². The van der Waals surface area contributed by atoms with E-state index in [0.29, 0.717) is 30.7 Å². The van der Waals surface area contributed by atoms with Crippen molar-refractivity contribution in [1.82, 2.24) is 54.3 Å². The summed E-state index contributed by atoms with van der Waals surface area (Å²) in [4.78, 5) is 69.9. The van der Waals surface area contributed by atoms with E-state index in [2.05, 4.69) is 109 Å². The van der Waals surface area contributed by atoms with Crippen LogP contribution >= 0.6 is 23.1 Å². The van der Waals surface area contributed by atoms with Crippen LogP contribution in [0.2, 0.25) is 0 Å². The van der Waals surface area contributed by atoms with Crippen LogP contribution in [-0.2, 0) is 34.2 Å². The van der Waals surface area contributed by atoms with Crippen molar-refractivity contribution in [1.29, 1.82) is 0 Å². The molecular weight excluding hydrogens is 1110 g/mol. The molecule has 14 rings (SSSR count). The number of carbonyl (C=O) groups excluding carboxylic acids is 4. The van der Waals surface area contributed by atoms with Gasteiger partial charge in [-0.05, 0) is 127 Å². The first-order valence-electron chi connectivity index (χ1n) is 31.5. The van der Waals surface area contributed by atoms with E-state index in [4.69, 9.17) is 9.72 Å². The number of nitrogens with zero attached hydrogens (tertiary/aromatic N) is 9. The summed E-state index contributed by atoms with van der Waals surface area (Å²) in [6.45, 7) is 16.2. The van der Waals surface area contributed by atoms with Crippen molar-refractivity contribution >= 4 is 69.4 Å². The van der Waals surface area contributed by atoms with Crippen LogP contribution in [0.25, 0.3) is 0 Å². The van der Waals surface area contributed by atoms with Gasteiger partial charge in [0.2, 0.25) is 5.13 Å². The maximum atomic E-state index is 12.2. The van der Waals surface area contributed by atoms with Crippen molar-refractivity contribution in [2.75, 3.05) is 92.9 Å². The Labute approximate surface area is 508 Å². The van der Waals surface area contributed by atoms with E-state index >= 15 is 0 Å². The first-order chi connectivity index (χ1) is 41.4. The van der Waals surface area contributed by atoms with Crippen molar-refractivity contribution in [3.8, 4) is 0 Å².